The minimum Gasteiger partial charge on any atom is -0.494 e. The van der Waals surface area contributed by atoms with E-state index in [9.17, 15) is 4.79 Å². The molecular weight excluding hydrogens is 298 g/mol. The second-order valence-electron chi connectivity index (χ2n) is 5.32. The summed E-state index contributed by atoms with van der Waals surface area (Å²) >= 11 is 0. The van der Waals surface area contributed by atoms with E-state index in [-0.39, 0.29) is 5.91 Å². The Labute approximate surface area is 141 Å². The lowest BCUT2D eigenvalue weighted by molar-refractivity contribution is 0.102. The smallest absolute Gasteiger partial charge is 0.256 e. The first-order valence-electron chi connectivity index (χ1n) is 7.96. The molecule has 0 aromatic heterocycles. The van der Waals surface area contributed by atoms with Crippen LogP contribution >= 0.6 is 0 Å². The number of hydrogen-bond acceptors (Lipinski definition) is 2. The van der Waals surface area contributed by atoms with Crippen molar-refractivity contribution in [1.82, 2.24) is 0 Å². The first-order valence-corrected chi connectivity index (χ1v) is 7.96. The Morgan fingerprint density at radius 1 is 0.875 bits per heavy atom. The monoisotopic (exact) mass is 317 g/mol. The molecule has 0 saturated heterocycles. The molecule has 0 fully saturated rings. The standard InChI is InChI=1S/C21H19NO2/c1-2-24-18-14-12-17(13-15-18)22-21(23)20-11-7-6-10-19(20)16-8-4-3-5-9-16/h3-15H,2H2,1H3,(H,22,23). The van der Waals surface area contributed by atoms with Crippen molar-refractivity contribution < 1.29 is 9.53 Å². The van der Waals surface area contributed by atoms with E-state index in [1.807, 2.05) is 85.8 Å². The number of hydrogen-bond donors (Lipinski definition) is 1. The number of rotatable bonds is 5. The molecule has 0 bridgehead atoms. The lowest BCUT2D eigenvalue weighted by Gasteiger charge is -2.11. The number of carbonyl (C=O) groups excluding carboxylic acids is 1. The number of carbonyl (C=O) groups is 1. The van der Waals surface area contributed by atoms with Crippen LogP contribution in [0.2, 0.25) is 0 Å². The quantitative estimate of drug-likeness (QED) is 0.719. The van der Waals surface area contributed by atoms with Crippen molar-refractivity contribution >= 4 is 11.6 Å². The maximum atomic E-state index is 12.7. The summed E-state index contributed by atoms with van der Waals surface area (Å²) in [5.41, 5.74) is 3.33. The molecule has 0 unspecified atom stereocenters. The van der Waals surface area contributed by atoms with Gasteiger partial charge in [0.2, 0.25) is 0 Å². The molecule has 0 atom stereocenters. The van der Waals surface area contributed by atoms with E-state index >= 15 is 0 Å². The summed E-state index contributed by atoms with van der Waals surface area (Å²) in [6.45, 7) is 2.56. The van der Waals surface area contributed by atoms with Gasteiger partial charge >= 0.3 is 0 Å². The van der Waals surface area contributed by atoms with E-state index < -0.39 is 0 Å². The van der Waals surface area contributed by atoms with Gasteiger partial charge in [-0.1, -0.05) is 48.5 Å². The van der Waals surface area contributed by atoms with Crippen molar-refractivity contribution in [3.63, 3.8) is 0 Å². The number of anilines is 1. The Hall–Kier alpha value is -3.07. The Morgan fingerprint density at radius 3 is 2.25 bits per heavy atom. The maximum Gasteiger partial charge on any atom is 0.256 e. The number of ether oxygens (including phenoxy) is 1. The molecule has 0 saturated carbocycles. The van der Waals surface area contributed by atoms with E-state index in [4.69, 9.17) is 4.74 Å². The maximum absolute atomic E-state index is 12.7. The Bertz CT molecular complexity index is 811. The molecule has 1 N–H and O–H groups in total. The zero-order valence-corrected chi connectivity index (χ0v) is 13.5. The van der Waals surface area contributed by atoms with E-state index in [1.54, 1.807) is 0 Å². The predicted octanol–water partition coefficient (Wildman–Crippen LogP) is 5.00. The highest BCUT2D eigenvalue weighted by Crippen LogP contribution is 2.24. The topological polar surface area (TPSA) is 38.3 Å². The van der Waals surface area contributed by atoms with Crippen molar-refractivity contribution in [2.24, 2.45) is 0 Å². The highest BCUT2D eigenvalue weighted by atomic mass is 16.5. The van der Waals surface area contributed by atoms with Gasteiger partial charge in [-0.15, -0.1) is 0 Å². The summed E-state index contributed by atoms with van der Waals surface area (Å²) in [7, 11) is 0. The summed E-state index contributed by atoms with van der Waals surface area (Å²) in [6, 6.07) is 24.9. The molecule has 0 aliphatic rings. The molecule has 3 heteroatoms. The zero-order valence-electron chi connectivity index (χ0n) is 13.5. The van der Waals surface area contributed by atoms with Gasteiger partial charge in [-0.3, -0.25) is 4.79 Å². The fourth-order valence-corrected chi connectivity index (χ4v) is 2.55. The van der Waals surface area contributed by atoms with Crippen LogP contribution < -0.4 is 10.1 Å². The van der Waals surface area contributed by atoms with Crippen LogP contribution in [0.15, 0.2) is 78.9 Å². The molecule has 0 aliphatic carbocycles. The molecule has 24 heavy (non-hydrogen) atoms. The van der Waals surface area contributed by atoms with E-state index in [2.05, 4.69) is 5.32 Å². The fraction of sp³-hybridized carbons (Fsp3) is 0.0952. The summed E-state index contributed by atoms with van der Waals surface area (Å²) in [4.78, 5) is 12.7. The van der Waals surface area contributed by atoms with Crippen LogP contribution in [0.1, 0.15) is 17.3 Å². The number of amides is 1. The minimum atomic E-state index is -0.126. The van der Waals surface area contributed by atoms with Crippen molar-refractivity contribution in [1.29, 1.82) is 0 Å². The largest absolute Gasteiger partial charge is 0.494 e. The predicted molar refractivity (Wildman–Crippen MR) is 97.4 cm³/mol. The fourth-order valence-electron chi connectivity index (χ4n) is 2.55. The molecule has 0 heterocycles. The molecule has 3 aromatic carbocycles. The highest BCUT2D eigenvalue weighted by Gasteiger charge is 2.12. The van der Waals surface area contributed by atoms with Crippen LogP contribution in [0.25, 0.3) is 11.1 Å². The van der Waals surface area contributed by atoms with Crippen molar-refractivity contribution in [3.05, 3.63) is 84.4 Å². The van der Waals surface area contributed by atoms with Crippen LogP contribution in [-0.4, -0.2) is 12.5 Å². The molecular formula is C21H19NO2. The lowest BCUT2D eigenvalue weighted by Crippen LogP contribution is -2.13. The summed E-state index contributed by atoms with van der Waals surface area (Å²) in [5.74, 6) is 0.666. The third kappa shape index (κ3) is 3.63. The first kappa shape index (κ1) is 15.8. The van der Waals surface area contributed by atoms with Gasteiger partial charge in [0.15, 0.2) is 0 Å². The van der Waals surface area contributed by atoms with Crippen LogP contribution in [0.5, 0.6) is 5.75 Å². The van der Waals surface area contributed by atoms with Gasteiger partial charge in [0, 0.05) is 11.3 Å². The normalized spacial score (nSPS) is 10.2. The van der Waals surface area contributed by atoms with E-state index in [0.717, 1.165) is 22.6 Å². The highest BCUT2D eigenvalue weighted by molar-refractivity contribution is 6.08. The Morgan fingerprint density at radius 2 is 1.54 bits per heavy atom. The Balaban J connectivity index is 1.83. The molecule has 3 aromatic rings. The van der Waals surface area contributed by atoms with Gasteiger partial charge < -0.3 is 10.1 Å². The molecule has 0 aliphatic heterocycles. The molecule has 0 radical (unpaired) electrons. The van der Waals surface area contributed by atoms with Crippen LogP contribution in [0.3, 0.4) is 0 Å². The second-order valence-corrected chi connectivity index (χ2v) is 5.32. The lowest BCUT2D eigenvalue weighted by atomic mass is 9.99. The minimum absolute atomic E-state index is 0.126. The van der Waals surface area contributed by atoms with Crippen LogP contribution in [-0.2, 0) is 0 Å². The van der Waals surface area contributed by atoms with Crippen molar-refractivity contribution in [2.45, 2.75) is 6.92 Å². The summed E-state index contributed by atoms with van der Waals surface area (Å²) < 4.78 is 5.41. The molecule has 1 amide bonds. The van der Waals surface area contributed by atoms with Crippen molar-refractivity contribution in [3.8, 4) is 16.9 Å². The SMILES string of the molecule is CCOc1ccc(NC(=O)c2ccccc2-c2ccccc2)cc1. The third-order valence-electron chi connectivity index (χ3n) is 3.68. The summed E-state index contributed by atoms with van der Waals surface area (Å²) in [5, 5.41) is 2.94. The molecule has 3 rings (SSSR count). The molecule has 120 valence electrons. The van der Waals surface area contributed by atoms with Gasteiger partial charge in [-0.25, -0.2) is 0 Å². The average Bonchev–Trinajstić information content (AvgIpc) is 2.64. The number of nitrogens with one attached hydrogen (secondary N) is 1. The van der Waals surface area contributed by atoms with Crippen molar-refractivity contribution in [2.75, 3.05) is 11.9 Å². The van der Waals surface area contributed by atoms with Gasteiger partial charge in [0.25, 0.3) is 5.91 Å². The van der Waals surface area contributed by atoms with E-state index in [0.29, 0.717) is 12.2 Å². The third-order valence-corrected chi connectivity index (χ3v) is 3.68. The van der Waals surface area contributed by atoms with Gasteiger partial charge in [0.1, 0.15) is 5.75 Å². The second kappa shape index (κ2) is 7.47. The first-order chi connectivity index (χ1) is 11.8. The van der Waals surface area contributed by atoms with Gasteiger partial charge in [-0.05, 0) is 48.4 Å². The zero-order chi connectivity index (χ0) is 16.8. The van der Waals surface area contributed by atoms with E-state index in [1.165, 1.54) is 0 Å². The molecule has 0 spiro atoms. The van der Waals surface area contributed by atoms with Crippen LogP contribution in [0.4, 0.5) is 5.69 Å². The average molecular weight is 317 g/mol. The number of benzene rings is 3. The Kier molecular flexibility index (Phi) is 4.92. The summed E-state index contributed by atoms with van der Waals surface area (Å²) in [6.07, 6.45) is 0. The molecule has 3 nitrogen and oxygen atoms in total. The van der Waals surface area contributed by atoms with Gasteiger partial charge in [-0.2, -0.15) is 0 Å². The van der Waals surface area contributed by atoms with Crippen LogP contribution in [0, 0.1) is 0 Å². The van der Waals surface area contributed by atoms with Gasteiger partial charge in [0.05, 0.1) is 6.61 Å².